The van der Waals surface area contributed by atoms with Crippen LogP contribution in [0, 0.1) is 11.8 Å². The molecule has 0 fully saturated rings. The molecule has 12 nitrogen and oxygen atoms in total. The lowest BCUT2D eigenvalue weighted by molar-refractivity contribution is -0.148. The number of phenols is 1. The minimum Gasteiger partial charge on any atom is -0.510 e. The van der Waals surface area contributed by atoms with E-state index in [1.54, 1.807) is 44.4 Å². The molecule has 2 amide bonds. The molecule has 0 bridgehead atoms. The molecular weight excluding hydrogens is 568 g/mol. The summed E-state index contributed by atoms with van der Waals surface area (Å²) in [7, 11) is 6.96. The summed E-state index contributed by atoms with van der Waals surface area (Å²) in [5, 5.41) is 47.9. The average molecular weight is 605 g/mol. The summed E-state index contributed by atoms with van der Waals surface area (Å²) in [5.41, 5.74) is 3.62. The predicted octanol–water partition coefficient (Wildman–Crippen LogP) is 1.08. The molecule has 0 heterocycles. The Kier molecular flexibility index (Phi) is 7.87. The summed E-state index contributed by atoms with van der Waals surface area (Å²) < 4.78 is 0. The third-order valence-corrected chi connectivity index (χ3v) is 8.89. The Morgan fingerprint density at radius 1 is 1.07 bits per heavy atom. The number of aliphatic hydroxyl groups is 3. The maximum absolute atomic E-state index is 14.0. The second kappa shape index (κ2) is 11.2. The second-order valence-corrected chi connectivity index (χ2v) is 12.1. The van der Waals surface area contributed by atoms with E-state index in [2.05, 4.69) is 5.32 Å². The number of amides is 2. The molecule has 3 aliphatic rings. The zero-order valence-corrected chi connectivity index (χ0v) is 24.9. The monoisotopic (exact) mass is 604 g/mol. The number of nitrogens with one attached hydrogen (secondary N) is 1. The summed E-state index contributed by atoms with van der Waals surface area (Å²) in [6.45, 7) is 1.12. The number of fused-ring (bicyclic) bond motifs is 3. The first-order valence-corrected chi connectivity index (χ1v) is 14.2. The number of aromatic hydroxyl groups is 1. The fourth-order valence-corrected chi connectivity index (χ4v) is 6.84. The summed E-state index contributed by atoms with van der Waals surface area (Å²) in [6.07, 6.45) is 0.118. The summed E-state index contributed by atoms with van der Waals surface area (Å²) in [5.74, 6) is -7.32. The van der Waals surface area contributed by atoms with Crippen LogP contribution >= 0.6 is 0 Å². The van der Waals surface area contributed by atoms with Gasteiger partial charge in [0.25, 0.3) is 11.8 Å². The van der Waals surface area contributed by atoms with Crippen molar-refractivity contribution in [2.24, 2.45) is 17.6 Å². The highest BCUT2D eigenvalue weighted by molar-refractivity contribution is 6.25. The van der Waals surface area contributed by atoms with Crippen LogP contribution < -0.4 is 11.1 Å². The zero-order chi connectivity index (χ0) is 32.2. The molecule has 0 saturated carbocycles. The van der Waals surface area contributed by atoms with E-state index in [-0.39, 0.29) is 35.6 Å². The average Bonchev–Trinajstić information content (AvgIpc) is 2.94. The van der Waals surface area contributed by atoms with E-state index >= 15 is 0 Å². The molecule has 1 unspecified atom stereocenters. The van der Waals surface area contributed by atoms with Crippen LogP contribution in [0.2, 0.25) is 0 Å². The van der Waals surface area contributed by atoms with Gasteiger partial charge < -0.3 is 36.4 Å². The maximum atomic E-state index is 14.0. The number of aliphatic hydroxyl groups excluding tert-OH is 2. The van der Waals surface area contributed by atoms with Gasteiger partial charge in [0, 0.05) is 30.1 Å². The van der Waals surface area contributed by atoms with Gasteiger partial charge in [-0.3, -0.25) is 24.1 Å². The molecule has 12 heteroatoms. The molecule has 7 N–H and O–H groups in total. The lowest BCUT2D eigenvalue weighted by Gasteiger charge is -2.50. The van der Waals surface area contributed by atoms with Gasteiger partial charge in [-0.2, -0.15) is 0 Å². The number of hydrogen-bond acceptors (Lipinski definition) is 10. The van der Waals surface area contributed by atoms with Crippen LogP contribution in [0.3, 0.4) is 0 Å². The van der Waals surface area contributed by atoms with Crippen molar-refractivity contribution in [3.8, 4) is 16.9 Å². The molecule has 2 aromatic rings. The molecule has 4 atom stereocenters. The van der Waals surface area contributed by atoms with E-state index in [9.17, 15) is 39.6 Å². The third-order valence-electron chi connectivity index (χ3n) is 8.89. The highest BCUT2D eigenvalue weighted by atomic mass is 16.3. The Hall–Kier alpha value is -4.52. The molecule has 3 aliphatic carbocycles. The molecular formula is C32H36N4O8. The first-order chi connectivity index (χ1) is 20.7. The number of likely N-dealkylation sites (N-methyl/N-ethyl adjacent to an activating group) is 2. The lowest BCUT2D eigenvalue weighted by Crippen LogP contribution is -2.63. The van der Waals surface area contributed by atoms with Crippen molar-refractivity contribution in [1.82, 2.24) is 15.1 Å². The molecule has 2 aromatic carbocycles. The van der Waals surface area contributed by atoms with Crippen molar-refractivity contribution in [3.05, 3.63) is 75.8 Å². The number of Topliss-reactive ketones (excluding diaryl/α,β-unsaturated/α-hetero) is 2. The van der Waals surface area contributed by atoms with Gasteiger partial charge in [-0.05, 0) is 81.8 Å². The van der Waals surface area contributed by atoms with Gasteiger partial charge in [-0.25, -0.2) is 0 Å². The number of carbonyl (C=O) groups is 4. The Morgan fingerprint density at radius 2 is 1.77 bits per heavy atom. The largest absolute Gasteiger partial charge is 0.510 e. The van der Waals surface area contributed by atoms with Gasteiger partial charge in [-0.1, -0.05) is 18.2 Å². The van der Waals surface area contributed by atoms with E-state index in [1.807, 2.05) is 19.0 Å². The van der Waals surface area contributed by atoms with Gasteiger partial charge in [0.2, 0.25) is 5.78 Å². The van der Waals surface area contributed by atoms with Gasteiger partial charge in [0.15, 0.2) is 11.4 Å². The number of phenolic OH excluding ortho intramolecular Hbond substituents is 1. The van der Waals surface area contributed by atoms with Crippen LogP contribution in [0.4, 0.5) is 0 Å². The highest BCUT2D eigenvalue weighted by Gasteiger charge is 2.63. The van der Waals surface area contributed by atoms with Crippen molar-refractivity contribution in [3.63, 3.8) is 0 Å². The maximum Gasteiger partial charge on any atom is 0.255 e. The minimum absolute atomic E-state index is 0.0187. The fourth-order valence-electron chi connectivity index (χ4n) is 6.84. The quantitative estimate of drug-likeness (QED) is 0.249. The third kappa shape index (κ3) is 4.75. The molecule has 0 aromatic heterocycles. The number of benzene rings is 2. The van der Waals surface area contributed by atoms with Crippen molar-refractivity contribution >= 4 is 23.4 Å². The van der Waals surface area contributed by atoms with E-state index in [4.69, 9.17) is 5.73 Å². The SMILES string of the molecule is CN(C)CCNC(=O)c1cccc(-c2ccc(O)c3c2C[C@H]2C[C@H]4C(N(C)C)C(O)=C(C(N)=O)C(=O)[C@@]4(O)C(O)=C2C3=O)c1. The highest BCUT2D eigenvalue weighted by Crippen LogP contribution is 2.53. The Bertz CT molecular complexity index is 1660. The molecule has 44 heavy (non-hydrogen) atoms. The van der Waals surface area contributed by atoms with Gasteiger partial charge in [0.05, 0.1) is 11.6 Å². The normalized spacial score (nSPS) is 24.8. The minimum atomic E-state index is -2.70. The molecule has 0 aliphatic heterocycles. The second-order valence-electron chi connectivity index (χ2n) is 12.1. The van der Waals surface area contributed by atoms with Crippen LogP contribution in [0.5, 0.6) is 5.75 Å². The predicted molar refractivity (Wildman–Crippen MR) is 160 cm³/mol. The van der Waals surface area contributed by atoms with Crippen molar-refractivity contribution < 1.29 is 39.6 Å². The van der Waals surface area contributed by atoms with Crippen LogP contribution in [0.15, 0.2) is 59.1 Å². The number of rotatable bonds is 7. The Balaban J connectivity index is 1.60. The van der Waals surface area contributed by atoms with E-state index < -0.39 is 58.0 Å². The smallest absolute Gasteiger partial charge is 0.255 e. The van der Waals surface area contributed by atoms with Crippen molar-refractivity contribution in [1.29, 1.82) is 0 Å². The fraction of sp³-hybridized carbons (Fsp3) is 0.375. The van der Waals surface area contributed by atoms with Crippen LogP contribution in [-0.2, 0) is 16.0 Å². The lowest BCUT2D eigenvalue weighted by atomic mass is 9.58. The van der Waals surface area contributed by atoms with Gasteiger partial charge in [-0.15, -0.1) is 0 Å². The molecule has 5 rings (SSSR count). The first-order valence-electron chi connectivity index (χ1n) is 14.2. The zero-order valence-electron chi connectivity index (χ0n) is 24.9. The number of nitrogens with two attached hydrogens (primary N) is 1. The van der Waals surface area contributed by atoms with Gasteiger partial charge in [0.1, 0.15) is 22.8 Å². The number of nitrogens with zero attached hydrogens (tertiary/aromatic N) is 2. The standard InChI is InChI=1S/C32H36N4O8/c1-35(2)11-10-34-31(43)16-7-5-6-15(12-16)18-8-9-21(37)23-19(18)13-17-14-20-25(36(3)4)27(39)24(30(33)42)29(41)32(20,44)28(40)22(17)26(23)38/h5-9,12,17,20,25,37,39-40,44H,10-11,13-14H2,1-4H3,(H2,33,42)(H,34,43)/t17-,20-,25?,32-/m0/s1. The molecule has 0 spiro atoms. The van der Waals surface area contributed by atoms with E-state index in [0.29, 0.717) is 35.3 Å². The van der Waals surface area contributed by atoms with Crippen LogP contribution in [-0.4, -0.2) is 107 Å². The number of allylic oxidation sites excluding steroid dienone is 1. The summed E-state index contributed by atoms with van der Waals surface area (Å²) in [6, 6.07) is 8.79. The topological polar surface area (TPSA) is 194 Å². The first kappa shape index (κ1) is 30.9. The van der Waals surface area contributed by atoms with Crippen molar-refractivity contribution in [2.45, 2.75) is 24.5 Å². The summed E-state index contributed by atoms with van der Waals surface area (Å²) >= 11 is 0. The van der Waals surface area contributed by atoms with Gasteiger partial charge >= 0.3 is 0 Å². The van der Waals surface area contributed by atoms with Crippen LogP contribution in [0.25, 0.3) is 11.1 Å². The number of primary amides is 1. The molecule has 232 valence electrons. The van der Waals surface area contributed by atoms with Crippen LogP contribution in [0.1, 0.15) is 32.7 Å². The number of ketones is 2. The Morgan fingerprint density at radius 3 is 2.41 bits per heavy atom. The molecule has 0 saturated heterocycles. The van der Waals surface area contributed by atoms with Crippen molar-refractivity contribution in [2.75, 3.05) is 41.3 Å². The Labute approximate surface area is 254 Å². The number of carbonyl (C=O) groups excluding carboxylic acids is 4. The van der Waals surface area contributed by atoms with E-state index in [0.717, 1.165) is 0 Å². The summed E-state index contributed by atoms with van der Waals surface area (Å²) in [4.78, 5) is 55.9. The van der Waals surface area contributed by atoms with E-state index in [1.165, 1.54) is 11.0 Å². The number of hydrogen-bond donors (Lipinski definition) is 6. The molecule has 0 radical (unpaired) electrons.